The van der Waals surface area contributed by atoms with E-state index in [1.165, 1.54) is 37.8 Å². The molecule has 17 heavy (non-hydrogen) atoms. The van der Waals surface area contributed by atoms with Gasteiger partial charge in [-0.3, -0.25) is 0 Å². The predicted molar refractivity (Wildman–Crippen MR) is 65.9 cm³/mol. The molecule has 0 bridgehead atoms. The zero-order chi connectivity index (χ0) is 12.3. The molecule has 1 aromatic carbocycles. The molecule has 0 aliphatic heterocycles. The van der Waals surface area contributed by atoms with E-state index in [9.17, 15) is 4.79 Å². The van der Waals surface area contributed by atoms with E-state index < -0.39 is 5.97 Å². The standard InChI is InChI=1S/C13H15ClO3/c14-11-7-10(13(15)16)5-6-12(11)17-8-9-3-1-2-4-9/h5-7,9H,1-4,8H2,(H,15,16). The number of halogens is 1. The molecule has 0 unspecified atom stereocenters. The lowest BCUT2D eigenvalue weighted by molar-refractivity contribution is 0.0697. The van der Waals surface area contributed by atoms with Crippen molar-refractivity contribution in [3.05, 3.63) is 28.8 Å². The third-order valence-electron chi connectivity index (χ3n) is 3.13. The number of hydrogen-bond donors (Lipinski definition) is 1. The maximum Gasteiger partial charge on any atom is 0.335 e. The molecule has 0 aromatic heterocycles. The minimum atomic E-state index is -0.978. The molecular weight excluding hydrogens is 240 g/mol. The first-order valence-electron chi connectivity index (χ1n) is 5.82. The summed E-state index contributed by atoms with van der Waals surface area (Å²) in [7, 11) is 0. The van der Waals surface area contributed by atoms with Crippen LogP contribution in [0.25, 0.3) is 0 Å². The summed E-state index contributed by atoms with van der Waals surface area (Å²) in [5.74, 6) is 0.211. The molecule has 0 amide bonds. The van der Waals surface area contributed by atoms with Gasteiger partial charge in [0, 0.05) is 0 Å². The molecule has 0 atom stereocenters. The van der Waals surface area contributed by atoms with E-state index in [4.69, 9.17) is 21.4 Å². The third-order valence-corrected chi connectivity index (χ3v) is 3.42. The minimum absolute atomic E-state index is 0.184. The van der Waals surface area contributed by atoms with E-state index in [0.29, 0.717) is 23.3 Å². The molecule has 0 saturated heterocycles. The van der Waals surface area contributed by atoms with Crippen molar-refractivity contribution in [2.24, 2.45) is 5.92 Å². The van der Waals surface area contributed by atoms with Gasteiger partial charge >= 0.3 is 5.97 Å². The molecule has 1 aromatic rings. The average Bonchev–Trinajstić information content (AvgIpc) is 2.80. The van der Waals surface area contributed by atoms with Gasteiger partial charge in [0.05, 0.1) is 17.2 Å². The van der Waals surface area contributed by atoms with Crippen LogP contribution in [0, 0.1) is 5.92 Å². The number of carbonyl (C=O) groups is 1. The van der Waals surface area contributed by atoms with Gasteiger partial charge < -0.3 is 9.84 Å². The number of carboxylic acid groups (broad SMARTS) is 1. The normalized spacial score (nSPS) is 16.1. The Morgan fingerprint density at radius 1 is 1.41 bits per heavy atom. The zero-order valence-electron chi connectivity index (χ0n) is 9.49. The summed E-state index contributed by atoms with van der Waals surface area (Å²) in [6.07, 6.45) is 4.98. The van der Waals surface area contributed by atoms with Crippen LogP contribution in [0.3, 0.4) is 0 Å². The fourth-order valence-corrected chi connectivity index (χ4v) is 2.37. The highest BCUT2D eigenvalue weighted by atomic mass is 35.5. The van der Waals surface area contributed by atoms with Gasteiger partial charge in [0.15, 0.2) is 0 Å². The largest absolute Gasteiger partial charge is 0.492 e. The summed E-state index contributed by atoms with van der Waals surface area (Å²) in [4.78, 5) is 10.7. The van der Waals surface area contributed by atoms with Gasteiger partial charge in [-0.2, -0.15) is 0 Å². The molecule has 1 saturated carbocycles. The van der Waals surface area contributed by atoms with E-state index in [2.05, 4.69) is 0 Å². The highest BCUT2D eigenvalue weighted by molar-refractivity contribution is 6.32. The molecular formula is C13H15ClO3. The Labute approximate surface area is 105 Å². The number of carboxylic acids is 1. The van der Waals surface area contributed by atoms with Gasteiger partial charge in [-0.15, -0.1) is 0 Å². The van der Waals surface area contributed by atoms with E-state index in [0.717, 1.165) is 0 Å². The van der Waals surface area contributed by atoms with Crippen LogP contribution in [-0.2, 0) is 0 Å². The van der Waals surface area contributed by atoms with Crippen LogP contribution < -0.4 is 4.74 Å². The zero-order valence-corrected chi connectivity index (χ0v) is 10.2. The fraction of sp³-hybridized carbons (Fsp3) is 0.462. The Bertz CT molecular complexity index is 411. The Morgan fingerprint density at radius 2 is 2.12 bits per heavy atom. The summed E-state index contributed by atoms with van der Waals surface area (Å²) in [6.45, 7) is 0.673. The van der Waals surface area contributed by atoms with Crippen molar-refractivity contribution in [1.29, 1.82) is 0 Å². The van der Waals surface area contributed by atoms with Crippen molar-refractivity contribution in [1.82, 2.24) is 0 Å². The smallest absolute Gasteiger partial charge is 0.335 e. The Balaban J connectivity index is 1.98. The fourth-order valence-electron chi connectivity index (χ4n) is 2.14. The number of ether oxygens (including phenoxy) is 1. The summed E-state index contributed by atoms with van der Waals surface area (Å²) < 4.78 is 5.63. The number of hydrogen-bond acceptors (Lipinski definition) is 2. The monoisotopic (exact) mass is 254 g/mol. The Kier molecular flexibility index (Phi) is 3.89. The molecule has 4 heteroatoms. The molecule has 1 aliphatic carbocycles. The maximum absolute atomic E-state index is 10.7. The summed E-state index contributed by atoms with van der Waals surface area (Å²) >= 11 is 5.97. The number of rotatable bonds is 4. The van der Waals surface area contributed by atoms with E-state index in [-0.39, 0.29) is 5.56 Å². The Morgan fingerprint density at radius 3 is 2.71 bits per heavy atom. The van der Waals surface area contributed by atoms with Crippen molar-refractivity contribution in [2.75, 3.05) is 6.61 Å². The minimum Gasteiger partial charge on any atom is -0.492 e. The first-order valence-corrected chi connectivity index (χ1v) is 6.20. The van der Waals surface area contributed by atoms with Gasteiger partial charge in [0.25, 0.3) is 0 Å². The van der Waals surface area contributed by atoms with Crippen LogP contribution in [0.2, 0.25) is 5.02 Å². The molecule has 1 N–H and O–H groups in total. The lowest BCUT2D eigenvalue weighted by atomic mass is 10.1. The predicted octanol–water partition coefficient (Wildman–Crippen LogP) is 3.61. The molecule has 92 valence electrons. The second-order valence-electron chi connectivity index (χ2n) is 4.41. The van der Waals surface area contributed by atoms with Gasteiger partial charge in [-0.1, -0.05) is 24.4 Å². The second kappa shape index (κ2) is 5.41. The van der Waals surface area contributed by atoms with Crippen LogP contribution in [0.1, 0.15) is 36.0 Å². The summed E-state index contributed by atoms with van der Waals surface area (Å²) in [5.41, 5.74) is 0.184. The average molecular weight is 255 g/mol. The summed E-state index contributed by atoms with van der Waals surface area (Å²) in [5, 5.41) is 9.17. The summed E-state index contributed by atoms with van der Waals surface area (Å²) in [6, 6.07) is 4.56. The van der Waals surface area contributed by atoms with E-state index >= 15 is 0 Å². The van der Waals surface area contributed by atoms with Crippen LogP contribution in [-0.4, -0.2) is 17.7 Å². The van der Waals surface area contributed by atoms with Crippen molar-refractivity contribution in [3.63, 3.8) is 0 Å². The quantitative estimate of drug-likeness (QED) is 0.893. The molecule has 0 spiro atoms. The maximum atomic E-state index is 10.7. The lowest BCUT2D eigenvalue weighted by Gasteiger charge is -2.12. The SMILES string of the molecule is O=C(O)c1ccc(OCC2CCCC2)c(Cl)c1. The highest BCUT2D eigenvalue weighted by Gasteiger charge is 2.16. The van der Waals surface area contributed by atoms with E-state index in [1.54, 1.807) is 6.07 Å². The van der Waals surface area contributed by atoms with Crippen LogP contribution in [0.5, 0.6) is 5.75 Å². The van der Waals surface area contributed by atoms with Gasteiger partial charge in [-0.25, -0.2) is 4.79 Å². The van der Waals surface area contributed by atoms with Gasteiger partial charge in [-0.05, 0) is 37.0 Å². The second-order valence-corrected chi connectivity index (χ2v) is 4.82. The van der Waals surface area contributed by atoms with Crippen LogP contribution in [0.15, 0.2) is 18.2 Å². The molecule has 1 aliphatic rings. The van der Waals surface area contributed by atoms with Crippen molar-refractivity contribution in [2.45, 2.75) is 25.7 Å². The first kappa shape index (κ1) is 12.2. The van der Waals surface area contributed by atoms with Crippen molar-refractivity contribution < 1.29 is 14.6 Å². The van der Waals surface area contributed by atoms with Crippen LogP contribution >= 0.6 is 11.6 Å². The highest BCUT2D eigenvalue weighted by Crippen LogP contribution is 2.29. The topological polar surface area (TPSA) is 46.5 Å². The third kappa shape index (κ3) is 3.13. The van der Waals surface area contributed by atoms with Gasteiger partial charge in [0.2, 0.25) is 0 Å². The molecule has 0 heterocycles. The number of benzene rings is 1. The Hall–Kier alpha value is -1.22. The lowest BCUT2D eigenvalue weighted by Crippen LogP contribution is -2.08. The molecule has 2 rings (SSSR count). The molecule has 1 fully saturated rings. The van der Waals surface area contributed by atoms with Crippen molar-refractivity contribution in [3.8, 4) is 5.75 Å². The molecule has 0 radical (unpaired) electrons. The van der Waals surface area contributed by atoms with E-state index in [1.807, 2.05) is 0 Å². The van der Waals surface area contributed by atoms with Crippen molar-refractivity contribution >= 4 is 17.6 Å². The number of aromatic carboxylic acids is 1. The van der Waals surface area contributed by atoms with Crippen LogP contribution in [0.4, 0.5) is 0 Å². The first-order chi connectivity index (χ1) is 8.16. The van der Waals surface area contributed by atoms with Gasteiger partial charge in [0.1, 0.15) is 5.75 Å². The molecule has 3 nitrogen and oxygen atoms in total.